The summed E-state index contributed by atoms with van der Waals surface area (Å²) < 4.78 is 105. The van der Waals surface area contributed by atoms with Crippen molar-refractivity contribution in [2.24, 2.45) is 0 Å². The van der Waals surface area contributed by atoms with Crippen LogP contribution in [0.2, 0.25) is 0 Å². The molecule has 0 saturated carbocycles. The molecule has 0 aliphatic carbocycles. The maximum absolute atomic E-state index is 13.9. The highest BCUT2D eigenvalue weighted by atomic mass is 35.5. The fourth-order valence-corrected chi connectivity index (χ4v) is 2.83. The van der Waals surface area contributed by atoms with Crippen LogP contribution >= 0.6 is 22.9 Å². The Hall–Kier alpha value is -1.42. The van der Waals surface area contributed by atoms with Crippen LogP contribution in [0.25, 0.3) is 10.1 Å². The Morgan fingerprint density at radius 2 is 1.42 bits per heavy atom. The Balaban J connectivity index is 2.70. The van der Waals surface area contributed by atoms with Gasteiger partial charge < -0.3 is 0 Å². The van der Waals surface area contributed by atoms with E-state index in [9.17, 15) is 39.9 Å². The van der Waals surface area contributed by atoms with E-state index in [1.165, 1.54) is 18.2 Å². The van der Waals surface area contributed by atoms with Crippen LogP contribution in [0.3, 0.4) is 0 Å². The van der Waals surface area contributed by atoms with Gasteiger partial charge in [0, 0.05) is 4.70 Å². The second kappa shape index (κ2) is 5.55. The Kier molecular flexibility index (Phi) is 4.37. The van der Waals surface area contributed by atoms with Crippen molar-refractivity contribution in [3.05, 3.63) is 45.4 Å². The molecule has 2 aromatic rings. The molecule has 0 aliphatic heterocycles. The summed E-state index contributed by atoms with van der Waals surface area (Å²) >= 11 is 3.96. The van der Waals surface area contributed by atoms with E-state index in [2.05, 4.69) is 11.6 Å². The predicted molar refractivity (Wildman–Crippen MR) is 72.7 cm³/mol. The Bertz CT molecular complexity index is 827. The van der Waals surface area contributed by atoms with Crippen molar-refractivity contribution in [3.63, 3.8) is 0 Å². The molecule has 1 aromatic heterocycles. The standard InChI is InChI=1S/C13H5ClF8OS/c14-13(21,22)12(19,20)11(17,18)10(15,16)7-5-6-3-1-2-4-8(6)24-9(7)23/h1-5H. The number of benzene rings is 1. The first-order chi connectivity index (χ1) is 10.7. The number of hydrogen-bond acceptors (Lipinski definition) is 2. The molecule has 0 saturated heterocycles. The second-order valence-corrected chi connectivity index (χ2v) is 6.20. The second-order valence-electron chi connectivity index (χ2n) is 4.71. The minimum absolute atomic E-state index is 0.0952. The third kappa shape index (κ3) is 2.65. The topological polar surface area (TPSA) is 17.1 Å². The SMILES string of the molecule is O=c1sc2ccccc2cc1C(F)(F)C(F)(F)C(F)(F)C(F)(F)Cl. The van der Waals surface area contributed by atoms with Crippen LogP contribution in [0.5, 0.6) is 0 Å². The van der Waals surface area contributed by atoms with Crippen molar-refractivity contribution < 1.29 is 35.1 Å². The number of rotatable bonds is 4. The first kappa shape index (κ1) is 18.9. The van der Waals surface area contributed by atoms with E-state index in [1.54, 1.807) is 0 Å². The maximum atomic E-state index is 13.9. The summed E-state index contributed by atoms with van der Waals surface area (Å²) in [5.41, 5.74) is -2.02. The smallest absolute Gasteiger partial charge is 0.277 e. The van der Waals surface area contributed by atoms with Gasteiger partial charge >= 0.3 is 23.1 Å². The van der Waals surface area contributed by atoms with E-state index in [0.717, 1.165) is 6.07 Å². The molecule has 0 N–H and O–H groups in total. The van der Waals surface area contributed by atoms with Gasteiger partial charge in [-0.15, -0.1) is 0 Å². The molecular formula is C13H5ClF8OS. The van der Waals surface area contributed by atoms with Gasteiger partial charge in [0.2, 0.25) is 4.74 Å². The molecule has 0 bridgehead atoms. The van der Waals surface area contributed by atoms with Gasteiger partial charge in [0.05, 0.1) is 5.56 Å². The molecule has 24 heavy (non-hydrogen) atoms. The number of fused-ring (bicyclic) bond motifs is 1. The molecule has 1 nitrogen and oxygen atoms in total. The molecule has 1 heterocycles. The largest absolute Gasteiger partial charge is 0.393 e. The van der Waals surface area contributed by atoms with Crippen molar-refractivity contribution in [2.45, 2.75) is 23.1 Å². The third-order valence-corrected chi connectivity index (χ3v) is 4.36. The highest BCUT2D eigenvalue weighted by Gasteiger charge is 2.81. The zero-order chi connectivity index (χ0) is 18.6. The van der Waals surface area contributed by atoms with Crippen LogP contribution in [0.1, 0.15) is 5.56 Å². The molecule has 2 rings (SSSR count). The average molecular weight is 397 g/mol. The molecule has 0 amide bonds. The van der Waals surface area contributed by atoms with Crippen molar-refractivity contribution in [3.8, 4) is 0 Å². The number of hydrogen-bond donors (Lipinski definition) is 0. The predicted octanol–water partition coefficient (Wildman–Crippen LogP) is 5.46. The van der Waals surface area contributed by atoms with Crippen LogP contribution in [-0.4, -0.2) is 17.2 Å². The van der Waals surface area contributed by atoms with Gasteiger partial charge in [0.1, 0.15) is 0 Å². The van der Waals surface area contributed by atoms with Crippen LogP contribution in [0, 0.1) is 0 Å². The van der Waals surface area contributed by atoms with E-state index < -0.39 is 33.5 Å². The average Bonchev–Trinajstić information content (AvgIpc) is 2.44. The van der Waals surface area contributed by atoms with Crippen LogP contribution in [0.4, 0.5) is 35.1 Å². The molecular weight excluding hydrogens is 392 g/mol. The van der Waals surface area contributed by atoms with E-state index >= 15 is 0 Å². The molecule has 1 aromatic carbocycles. The summed E-state index contributed by atoms with van der Waals surface area (Å²) in [7, 11) is 0. The van der Waals surface area contributed by atoms with Gasteiger partial charge in [-0.1, -0.05) is 29.5 Å². The number of alkyl halides is 9. The van der Waals surface area contributed by atoms with E-state index in [4.69, 9.17) is 0 Å². The van der Waals surface area contributed by atoms with E-state index in [0.29, 0.717) is 0 Å². The molecule has 132 valence electrons. The van der Waals surface area contributed by atoms with Crippen LogP contribution < -0.4 is 4.74 Å². The molecule has 0 spiro atoms. The minimum Gasteiger partial charge on any atom is -0.277 e. The van der Waals surface area contributed by atoms with Crippen molar-refractivity contribution in [2.75, 3.05) is 0 Å². The molecule has 0 radical (unpaired) electrons. The Morgan fingerprint density at radius 3 is 1.96 bits per heavy atom. The zero-order valence-electron chi connectivity index (χ0n) is 11.1. The van der Waals surface area contributed by atoms with Gasteiger partial charge in [0.15, 0.2) is 0 Å². The van der Waals surface area contributed by atoms with Crippen LogP contribution in [-0.2, 0) is 5.92 Å². The summed E-state index contributed by atoms with van der Waals surface area (Å²) in [5.74, 6) is -19.1. The van der Waals surface area contributed by atoms with Gasteiger partial charge in [0.25, 0.3) is 0 Å². The minimum atomic E-state index is -6.61. The lowest BCUT2D eigenvalue weighted by molar-refractivity contribution is -0.352. The summed E-state index contributed by atoms with van der Waals surface area (Å²) in [4.78, 5) is 11.6. The maximum Gasteiger partial charge on any atom is 0.393 e. The fourth-order valence-electron chi connectivity index (χ4n) is 1.83. The lowest BCUT2D eigenvalue weighted by Gasteiger charge is -2.34. The quantitative estimate of drug-likeness (QED) is 0.496. The highest BCUT2D eigenvalue weighted by Crippen LogP contribution is 2.57. The normalized spacial score (nSPS) is 14.2. The van der Waals surface area contributed by atoms with Crippen molar-refractivity contribution in [1.82, 2.24) is 0 Å². The number of halogens is 9. The van der Waals surface area contributed by atoms with Crippen LogP contribution in [0.15, 0.2) is 35.1 Å². The lowest BCUT2D eigenvalue weighted by atomic mass is 9.98. The molecule has 0 aliphatic rings. The lowest BCUT2D eigenvalue weighted by Crippen LogP contribution is -2.59. The first-order valence-corrected chi connectivity index (χ1v) is 7.16. The van der Waals surface area contributed by atoms with Crippen molar-refractivity contribution in [1.29, 1.82) is 0 Å². The Labute approximate surface area is 137 Å². The van der Waals surface area contributed by atoms with Gasteiger partial charge in [-0.05, 0) is 29.1 Å². The fraction of sp³-hybridized carbons (Fsp3) is 0.308. The zero-order valence-corrected chi connectivity index (χ0v) is 12.7. The molecule has 0 unspecified atom stereocenters. The highest BCUT2D eigenvalue weighted by molar-refractivity contribution is 7.16. The Morgan fingerprint density at radius 1 is 0.875 bits per heavy atom. The summed E-state index contributed by atoms with van der Waals surface area (Å²) in [5, 5.41) is -6.07. The summed E-state index contributed by atoms with van der Waals surface area (Å²) in [6, 6.07) is 5.48. The van der Waals surface area contributed by atoms with Gasteiger partial charge in [-0.25, -0.2) is 0 Å². The molecule has 0 atom stereocenters. The summed E-state index contributed by atoms with van der Waals surface area (Å²) in [6.45, 7) is 0. The van der Waals surface area contributed by atoms with Crippen molar-refractivity contribution >= 4 is 33.0 Å². The molecule has 0 fully saturated rings. The molecule has 11 heteroatoms. The first-order valence-electron chi connectivity index (χ1n) is 5.97. The monoisotopic (exact) mass is 396 g/mol. The third-order valence-electron chi connectivity index (χ3n) is 3.12. The summed E-state index contributed by atoms with van der Waals surface area (Å²) in [6.07, 6.45) is 0. The van der Waals surface area contributed by atoms with Gasteiger partial charge in [-0.3, -0.25) is 4.79 Å². The van der Waals surface area contributed by atoms with E-state index in [1.807, 2.05) is 0 Å². The van der Waals surface area contributed by atoms with E-state index in [-0.39, 0.29) is 27.5 Å². The van der Waals surface area contributed by atoms with Gasteiger partial charge in [-0.2, -0.15) is 35.1 Å².